The summed E-state index contributed by atoms with van der Waals surface area (Å²) >= 11 is 2.98. The van der Waals surface area contributed by atoms with Gasteiger partial charge in [-0.1, -0.05) is 63.1 Å². The topological polar surface area (TPSA) is 58.9 Å². The van der Waals surface area contributed by atoms with Gasteiger partial charge in [-0.15, -0.1) is 22.7 Å². The summed E-state index contributed by atoms with van der Waals surface area (Å²) in [7, 11) is 0. The molecule has 0 fully saturated rings. The summed E-state index contributed by atoms with van der Waals surface area (Å²) in [5.74, 6) is 1.18. The van der Waals surface area contributed by atoms with Gasteiger partial charge in [-0.25, -0.2) is 0 Å². The highest BCUT2D eigenvalue weighted by molar-refractivity contribution is 7.10. The van der Waals surface area contributed by atoms with Crippen LogP contribution in [0.3, 0.4) is 0 Å². The maximum Gasteiger partial charge on any atom is 0.154 e. The zero-order chi connectivity index (χ0) is 25.2. The first kappa shape index (κ1) is 25.0. The van der Waals surface area contributed by atoms with Gasteiger partial charge in [-0.05, 0) is 47.9 Å². The molecule has 0 amide bonds. The molecule has 2 aromatic carbocycles. The standard InChI is InChI=1S/C30H32O4S2/c1-3-5-17-33-23-13-7-11-21-27(23)29(31,25-15-9-19-35-25)22-12-8-14-24(34-18-6-4-2)28(22)30(21,32)26-16-10-20-36-26/h7-16,19-20,31-32H,3-6,17-18H2,1-2H3. The Bertz CT molecular complexity index is 1200. The molecule has 188 valence electrons. The molecule has 5 rings (SSSR count). The molecule has 0 bridgehead atoms. The minimum Gasteiger partial charge on any atom is -0.493 e. The van der Waals surface area contributed by atoms with Crippen molar-refractivity contribution in [3.05, 3.63) is 103 Å². The quantitative estimate of drug-likeness (QED) is 0.220. The van der Waals surface area contributed by atoms with Crippen LogP contribution in [0, 0.1) is 0 Å². The number of rotatable bonds is 10. The molecule has 1 aliphatic rings. The predicted molar refractivity (Wildman–Crippen MR) is 147 cm³/mol. The fourth-order valence-electron chi connectivity index (χ4n) is 5.06. The molecule has 36 heavy (non-hydrogen) atoms. The van der Waals surface area contributed by atoms with Crippen molar-refractivity contribution in [2.24, 2.45) is 0 Å². The van der Waals surface area contributed by atoms with Crippen LogP contribution < -0.4 is 9.47 Å². The lowest BCUT2D eigenvalue weighted by Gasteiger charge is -2.45. The average Bonchev–Trinajstić information content (AvgIpc) is 3.63. The summed E-state index contributed by atoms with van der Waals surface area (Å²) in [6.07, 6.45) is 3.82. The molecular weight excluding hydrogens is 488 g/mol. The maximum absolute atomic E-state index is 12.8. The van der Waals surface area contributed by atoms with E-state index in [0.29, 0.717) is 47.0 Å². The van der Waals surface area contributed by atoms with E-state index in [0.717, 1.165) is 35.4 Å². The molecule has 0 spiro atoms. The number of ether oxygens (including phenoxy) is 2. The molecular formula is C30H32O4S2. The number of hydrogen-bond donors (Lipinski definition) is 2. The molecule has 0 saturated heterocycles. The van der Waals surface area contributed by atoms with Crippen LogP contribution >= 0.6 is 22.7 Å². The highest BCUT2D eigenvalue weighted by Gasteiger charge is 2.54. The molecule has 6 heteroatoms. The van der Waals surface area contributed by atoms with Crippen molar-refractivity contribution in [1.29, 1.82) is 0 Å². The van der Waals surface area contributed by atoms with E-state index in [1.807, 2.05) is 71.4 Å². The second-order valence-electron chi connectivity index (χ2n) is 9.14. The molecule has 4 aromatic rings. The highest BCUT2D eigenvalue weighted by Crippen LogP contribution is 2.58. The molecule has 4 nitrogen and oxygen atoms in total. The van der Waals surface area contributed by atoms with Crippen molar-refractivity contribution in [3.8, 4) is 11.5 Å². The largest absolute Gasteiger partial charge is 0.493 e. The molecule has 2 unspecified atom stereocenters. The SMILES string of the molecule is CCCCOc1cccc2c1C(O)(c1cccs1)c1cccc(OCCCC)c1C2(O)c1cccs1. The third-order valence-corrected chi connectivity index (χ3v) is 8.78. The van der Waals surface area contributed by atoms with Crippen LogP contribution in [-0.4, -0.2) is 23.4 Å². The first-order chi connectivity index (χ1) is 17.6. The van der Waals surface area contributed by atoms with Gasteiger partial charge in [-0.2, -0.15) is 0 Å². The van der Waals surface area contributed by atoms with Gasteiger partial charge < -0.3 is 19.7 Å². The Morgan fingerprint density at radius 2 is 1.08 bits per heavy atom. The van der Waals surface area contributed by atoms with Crippen LogP contribution in [0.2, 0.25) is 0 Å². The Hall–Kier alpha value is -2.64. The van der Waals surface area contributed by atoms with E-state index in [4.69, 9.17) is 9.47 Å². The summed E-state index contributed by atoms with van der Waals surface area (Å²) in [6.45, 7) is 5.32. The van der Waals surface area contributed by atoms with E-state index >= 15 is 0 Å². The first-order valence-corrected chi connectivity index (χ1v) is 14.4. The summed E-state index contributed by atoms with van der Waals surface area (Å²) in [6, 6.07) is 19.2. The molecule has 0 saturated carbocycles. The molecule has 2 atom stereocenters. The van der Waals surface area contributed by atoms with Crippen LogP contribution in [0.5, 0.6) is 11.5 Å². The van der Waals surface area contributed by atoms with E-state index in [-0.39, 0.29) is 0 Å². The third-order valence-electron chi connectivity index (χ3n) is 6.82. The minimum atomic E-state index is -1.50. The number of fused-ring (bicyclic) bond motifs is 2. The maximum atomic E-state index is 12.8. The van der Waals surface area contributed by atoms with E-state index < -0.39 is 11.2 Å². The number of benzene rings is 2. The lowest BCUT2D eigenvalue weighted by atomic mass is 9.66. The smallest absolute Gasteiger partial charge is 0.154 e. The third kappa shape index (κ3) is 3.97. The van der Waals surface area contributed by atoms with E-state index in [1.165, 1.54) is 22.7 Å². The number of unbranched alkanes of at least 4 members (excludes halogenated alkanes) is 2. The van der Waals surface area contributed by atoms with Crippen molar-refractivity contribution in [1.82, 2.24) is 0 Å². The van der Waals surface area contributed by atoms with Crippen LogP contribution in [0.15, 0.2) is 71.4 Å². The van der Waals surface area contributed by atoms with Crippen LogP contribution in [-0.2, 0) is 11.2 Å². The summed E-state index contributed by atoms with van der Waals surface area (Å²) in [4.78, 5) is 1.55. The minimum absolute atomic E-state index is 0.540. The van der Waals surface area contributed by atoms with Gasteiger partial charge in [0.05, 0.1) is 13.2 Å². The van der Waals surface area contributed by atoms with Gasteiger partial charge >= 0.3 is 0 Å². The predicted octanol–water partition coefficient (Wildman–Crippen LogP) is 7.05. The van der Waals surface area contributed by atoms with Gasteiger partial charge in [0.2, 0.25) is 0 Å². The highest BCUT2D eigenvalue weighted by atomic mass is 32.1. The summed E-state index contributed by atoms with van der Waals surface area (Å²) in [5.41, 5.74) is -0.581. The van der Waals surface area contributed by atoms with Crippen LogP contribution in [0.25, 0.3) is 0 Å². The molecule has 2 heterocycles. The summed E-state index contributed by atoms with van der Waals surface area (Å²) in [5, 5.41) is 29.5. The fourth-order valence-corrected chi connectivity index (χ4v) is 6.74. The molecule has 1 aliphatic carbocycles. The molecule has 0 aliphatic heterocycles. The second-order valence-corrected chi connectivity index (χ2v) is 11.0. The molecule has 2 N–H and O–H groups in total. The lowest BCUT2D eigenvalue weighted by molar-refractivity contribution is 0.0723. The van der Waals surface area contributed by atoms with E-state index in [9.17, 15) is 10.2 Å². The van der Waals surface area contributed by atoms with Crippen LogP contribution in [0.1, 0.15) is 71.5 Å². The second kappa shape index (κ2) is 10.4. The van der Waals surface area contributed by atoms with Gasteiger partial charge in [0.15, 0.2) is 11.2 Å². The van der Waals surface area contributed by atoms with Crippen molar-refractivity contribution in [2.45, 2.75) is 50.7 Å². The Morgan fingerprint density at radius 1 is 0.639 bits per heavy atom. The van der Waals surface area contributed by atoms with Gasteiger partial charge in [-0.3, -0.25) is 0 Å². The van der Waals surface area contributed by atoms with Crippen molar-refractivity contribution in [2.75, 3.05) is 13.2 Å². The Morgan fingerprint density at radius 3 is 1.44 bits per heavy atom. The Kier molecular flexibility index (Phi) is 7.22. The number of thiophene rings is 2. The monoisotopic (exact) mass is 520 g/mol. The molecule has 2 aromatic heterocycles. The van der Waals surface area contributed by atoms with Crippen molar-refractivity contribution >= 4 is 22.7 Å². The van der Waals surface area contributed by atoms with Crippen molar-refractivity contribution in [3.63, 3.8) is 0 Å². The van der Waals surface area contributed by atoms with Gasteiger partial charge in [0, 0.05) is 32.0 Å². The number of aliphatic hydroxyl groups is 2. The fraction of sp³-hybridized carbons (Fsp3) is 0.333. The Balaban J connectivity index is 1.84. The zero-order valence-electron chi connectivity index (χ0n) is 20.7. The normalized spacial score (nSPS) is 20.6. The van der Waals surface area contributed by atoms with E-state index in [1.54, 1.807) is 0 Å². The zero-order valence-corrected chi connectivity index (χ0v) is 22.3. The van der Waals surface area contributed by atoms with E-state index in [2.05, 4.69) is 13.8 Å². The van der Waals surface area contributed by atoms with Gasteiger partial charge in [0.1, 0.15) is 11.5 Å². The Labute approximate surface area is 220 Å². The number of hydrogen-bond acceptors (Lipinski definition) is 6. The first-order valence-electron chi connectivity index (χ1n) is 12.6. The van der Waals surface area contributed by atoms with Gasteiger partial charge in [0.25, 0.3) is 0 Å². The lowest BCUT2D eigenvalue weighted by Crippen LogP contribution is -2.44. The van der Waals surface area contributed by atoms with Crippen molar-refractivity contribution < 1.29 is 19.7 Å². The van der Waals surface area contributed by atoms with Crippen LogP contribution in [0.4, 0.5) is 0 Å². The summed E-state index contributed by atoms with van der Waals surface area (Å²) < 4.78 is 12.6. The average molecular weight is 521 g/mol. The molecule has 0 radical (unpaired) electrons.